The Morgan fingerprint density at radius 1 is 1.00 bits per heavy atom. The molecule has 0 aliphatic heterocycles. The Bertz CT molecular complexity index is 532. The van der Waals surface area contributed by atoms with Gasteiger partial charge in [-0.05, 0) is 0 Å². The van der Waals surface area contributed by atoms with Gasteiger partial charge in [-0.1, -0.05) is 0 Å². The van der Waals surface area contributed by atoms with Crippen molar-refractivity contribution in [3.8, 4) is 0 Å². The van der Waals surface area contributed by atoms with E-state index in [-0.39, 0.29) is 0 Å². The van der Waals surface area contributed by atoms with Crippen molar-refractivity contribution in [2.75, 3.05) is 0 Å². The molecule has 0 unspecified atom stereocenters. The Morgan fingerprint density at radius 2 is 1.92 bits per heavy atom. The van der Waals surface area contributed by atoms with E-state index in [0.717, 1.165) is 0 Å². The second kappa shape index (κ2) is 2.46. The van der Waals surface area contributed by atoms with Crippen molar-refractivity contribution in [3.63, 3.8) is 0 Å². The minimum absolute atomic E-state index is 0.575. The number of rotatable bonds is 0. The molecule has 2 aromatic heterocycles. The van der Waals surface area contributed by atoms with Crippen molar-refractivity contribution in [1.29, 1.82) is 0 Å². The van der Waals surface area contributed by atoms with E-state index in [0.29, 0.717) is 14.5 Å². The number of thiophene rings is 1. The van der Waals surface area contributed by atoms with Crippen molar-refractivity contribution < 1.29 is 0 Å². The number of fused-ring (bicyclic) bond motifs is 3. The summed E-state index contributed by atoms with van der Waals surface area (Å²) in [6.45, 7) is 0. The summed E-state index contributed by atoms with van der Waals surface area (Å²) >= 11 is 2.45. The van der Waals surface area contributed by atoms with Gasteiger partial charge >= 0.3 is 80.2 Å². The molecule has 0 aliphatic carbocycles. The van der Waals surface area contributed by atoms with Crippen LogP contribution in [0.4, 0.5) is 0 Å². The molecule has 0 N–H and O–H groups in total. The summed E-state index contributed by atoms with van der Waals surface area (Å²) in [5, 5.41) is 3.67. The normalized spacial score (nSPS) is 11.3. The second-order valence-electron chi connectivity index (χ2n) is 2.71. The number of hydrogen-bond acceptors (Lipinski definition) is 1. The summed E-state index contributed by atoms with van der Waals surface area (Å²) in [5.41, 5.74) is 0. The van der Waals surface area contributed by atoms with Crippen LogP contribution in [0.5, 0.6) is 0 Å². The molecule has 0 aliphatic rings. The number of benzene rings is 1. The van der Waals surface area contributed by atoms with Gasteiger partial charge < -0.3 is 0 Å². The zero-order valence-corrected chi connectivity index (χ0v) is 8.81. The van der Waals surface area contributed by atoms with Gasteiger partial charge in [0.05, 0.1) is 0 Å². The fourth-order valence-electron chi connectivity index (χ4n) is 1.44. The van der Waals surface area contributed by atoms with Crippen LogP contribution >= 0.6 is 11.3 Å². The van der Waals surface area contributed by atoms with E-state index in [9.17, 15) is 0 Å². The summed E-state index contributed by atoms with van der Waals surface area (Å²) < 4.78 is 4.62. The maximum atomic E-state index is 2.26. The Labute approximate surface area is 80.2 Å². The molecule has 3 aromatic rings. The first kappa shape index (κ1) is 6.90. The summed E-state index contributed by atoms with van der Waals surface area (Å²) in [5.74, 6) is 0. The molecule has 0 amide bonds. The van der Waals surface area contributed by atoms with Gasteiger partial charge in [-0.2, -0.15) is 0 Å². The van der Waals surface area contributed by atoms with Gasteiger partial charge in [-0.3, -0.25) is 0 Å². The van der Waals surface area contributed by atoms with E-state index in [1.54, 1.807) is 8.52 Å². The molecule has 0 bridgehead atoms. The first-order valence-corrected chi connectivity index (χ1v) is 6.39. The van der Waals surface area contributed by atoms with E-state index in [1.165, 1.54) is 10.1 Å². The molecule has 0 atom stereocenters. The van der Waals surface area contributed by atoms with E-state index >= 15 is 0 Å². The molecule has 12 heavy (non-hydrogen) atoms. The van der Waals surface area contributed by atoms with Gasteiger partial charge in [0, 0.05) is 0 Å². The number of hydrogen-bond donors (Lipinski definition) is 0. The molecule has 0 fully saturated rings. The van der Waals surface area contributed by atoms with Gasteiger partial charge in [-0.25, -0.2) is 0 Å². The molecule has 0 radical (unpaired) electrons. The first-order valence-electron chi connectivity index (χ1n) is 3.80. The predicted molar refractivity (Wildman–Crippen MR) is 56.3 cm³/mol. The third-order valence-corrected chi connectivity index (χ3v) is 5.60. The van der Waals surface area contributed by atoms with Crippen LogP contribution in [0, 0.1) is 0 Å². The van der Waals surface area contributed by atoms with Crippen LogP contribution in [0.15, 0.2) is 35.7 Å². The monoisotopic (exact) mass is 238 g/mol. The molecular weight excluding hydrogens is 231 g/mol. The Kier molecular flexibility index (Phi) is 1.42. The molecule has 0 saturated carbocycles. The first-order chi connectivity index (χ1) is 5.95. The van der Waals surface area contributed by atoms with Gasteiger partial charge in [0.25, 0.3) is 0 Å². The topological polar surface area (TPSA) is 0 Å². The van der Waals surface area contributed by atoms with Crippen LogP contribution in [0.1, 0.15) is 0 Å². The van der Waals surface area contributed by atoms with Gasteiger partial charge in [-0.15, -0.1) is 0 Å². The molecule has 0 nitrogen and oxygen atoms in total. The van der Waals surface area contributed by atoms with Crippen molar-refractivity contribution in [2.24, 2.45) is 0 Å². The van der Waals surface area contributed by atoms with Gasteiger partial charge in [0.1, 0.15) is 0 Å². The summed E-state index contributed by atoms with van der Waals surface area (Å²) in [6, 6.07) is 11.0. The standard InChI is InChI=1S/C10H6SSe/c1-2-4-8-7(3-1)10-9(12-8)5-6-11-10/h1-6H. The Balaban J connectivity index is 2.68. The minimum atomic E-state index is 0.575. The summed E-state index contributed by atoms with van der Waals surface area (Å²) in [4.78, 5) is 0. The Hall–Kier alpha value is -0.561. The molecule has 2 heterocycles. The molecule has 58 valence electrons. The zero-order valence-electron chi connectivity index (χ0n) is 6.28. The molecule has 1 aromatic carbocycles. The van der Waals surface area contributed by atoms with Gasteiger partial charge in [0.2, 0.25) is 0 Å². The van der Waals surface area contributed by atoms with Crippen LogP contribution in [-0.2, 0) is 0 Å². The maximum absolute atomic E-state index is 2.26. The summed E-state index contributed by atoms with van der Waals surface area (Å²) in [7, 11) is 0. The fraction of sp³-hybridized carbons (Fsp3) is 0. The third kappa shape index (κ3) is 0.831. The average Bonchev–Trinajstić information content (AvgIpc) is 2.62. The van der Waals surface area contributed by atoms with E-state index in [2.05, 4.69) is 35.7 Å². The zero-order chi connectivity index (χ0) is 7.97. The van der Waals surface area contributed by atoms with Crippen LogP contribution in [0.3, 0.4) is 0 Å². The third-order valence-electron chi connectivity index (χ3n) is 1.98. The molecule has 0 saturated heterocycles. The average molecular weight is 237 g/mol. The van der Waals surface area contributed by atoms with E-state index in [4.69, 9.17) is 0 Å². The van der Waals surface area contributed by atoms with E-state index < -0.39 is 0 Å². The van der Waals surface area contributed by atoms with Crippen molar-refractivity contribution >= 4 is 44.4 Å². The summed E-state index contributed by atoms with van der Waals surface area (Å²) in [6.07, 6.45) is 0. The van der Waals surface area contributed by atoms with Crippen LogP contribution in [0.25, 0.3) is 18.6 Å². The molecule has 3 rings (SSSR count). The van der Waals surface area contributed by atoms with Crippen LogP contribution in [0.2, 0.25) is 0 Å². The van der Waals surface area contributed by atoms with Crippen LogP contribution in [-0.4, -0.2) is 14.5 Å². The predicted octanol–water partition coefficient (Wildman–Crippen LogP) is 3.11. The Morgan fingerprint density at radius 3 is 2.92 bits per heavy atom. The fourth-order valence-corrected chi connectivity index (χ4v) is 5.23. The SMILES string of the molecule is c1ccc2c(c1)[se]c1ccsc12. The van der Waals surface area contributed by atoms with Crippen LogP contribution < -0.4 is 0 Å². The molecule has 0 spiro atoms. The second-order valence-corrected chi connectivity index (χ2v) is 5.90. The van der Waals surface area contributed by atoms with Crippen molar-refractivity contribution in [1.82, 2.24) is 0 Å². The molecule has 2 heteroatoms. The van der Waals surface area contributed by atoms with Crippen molar-refractivity contribution in [3.05, 3.63) is 35.7 Å². The quantitative estimate of drug-likeness (QED) is 0.527. The van der Waals surface area contributed by atoms with Crippen molar-refractivity contribution in [2.45, 2.75) is 0 Å². The molecular formula is C10H6SSe. The van der Waals surface area contributed by atoms with E-state index in [1.807, 2.05) is 11.3 Å². The van der Waals surface area contributed by atoms with Gasteiger partial charge in [0.15, 0.2) is 0 Å².